The van der Waals surface area contributed by atoms with Crippen molar-refractivity contribution in [3.63, 3.8) is 0 Å². The number of pyridine rings is 1. The van der Waals surface area contributed by atoms with Crippen LogP contribution in [0.2, 0.25) is 0 Å². The molecule has 0 spiro atoms. The summed E-state index contributed by atoms with van der Waals surface area (Å²) in [6.45, 7) is 1.90. The van der Waals surface area contributed by atoms with Gasteiger partial charge in [0, 0.05) is 18.3 Å². The van der Waals surface area contributed by atoms with Crippen molar-refractivity contribution < 1.29 is 0 Å². The van der Waals surface area contributed by atoms with E-state index in [9.17, 15) is 0 Å². The number of rotatable bonds is 2. The summed E-state index contributed by atoms with van der Waals surface area (Å²) in [5.74, 6) is 0.189. The molecule has 0 fully saturated rings. The molecule has 0 aliphatic heterocycles. The van der Waals surface area contributed by atoms with Gasteiger partial charge in [0.05, 0.1) is 5.84 Å². The third-order valence-corrected chi connectivity index (χ3v) is 1.67. The molecule has 1 heterocycles. The number of nitrogens with two attached hydrogens (primary N) is 1. The molecule has 1 atom stereocenters. The van der Waals surface area contributed by atoms with Crippen LogP contribution < -0.4 is 5.73 Å². The van der Waals surface area contributed by atoms with Crippen molar-refractivity contribution >= 4 is 5.84 Å². The molecule has 0 amide bonds. The fraction of sp³-hybridized carbons (Fsp3) is 0.250. The lowest BCUT2D eigenvalue weighted by atomic mass is 10.0. The molecule has 0 aliphatic rings. The molecular weight excluding hydrogens is 138 g/mol. The monoisotopic (exact) mass is 149 g/mol. The van der Waals surface area contributed by atoms with Crippen molar-refractivity contribution in [3.8, 4) is 0 Å². The first-order chi connectivity index (χ1) is 5.22. The predicted octanol–water partition coefficient (Wildman–Crippen LogP) is 1.12. The van der Waals surface area contributed by atoms with E-state index in [2.05, 4.69) is 4.98 Å². The van der Waals surface area contributed by atoms with Gasteiger partial charge in [0.2, 0.25) is 0 Å². The molecule has 0 saturated heterocycles. The third-order valence-electron chi connectivity index (χ3n) is 1.67. The van der Waals surface area contributed by atoms with Gasteiger partial charge in [-0.3, -0.25) is 10.4 Å². The molecule has 3 heteroatoms. The molecule has 0 saturated carbocycles. The first-order valence-electron chi connectivity index (χ1n) is 3.45. The molecule has 1 aromatic heterocycles. The van der Waals surface area contributed by atoms with Crippen LogP contribution in [0.15, 0.2) is 24.5 Å². The summed E-state index contributed by atoms with van der Waals surface area (Å²) in [4.78, 5) is 3.88. The smallest absolute Gasteiger partial charge is 0.0979 e. The van der Waals surface area contributed by atoms with Crippen LogP contribution in [0.5, 0.6) is 0 Å². The Kier molecular flexibility index (Phi) is 2.21. The normalized spacial score (nSPS) is 12.5. The minimum atomic E-state index is -0.00185. The highest BCUT2D eigenvalue weighted by atomic mass is 14.7. The Balaban J connectivity index is 2.85. The summed E-state index contributed by atoms with van der Waals surface area (Å²) in [5.41, 5.74) is 6.37. The van der Waals surface area contributed by atoms with Crippen LogP contribution in [0.1, 0.15) is 18.4 Å². The minimum Gasteiger partial charge on any atom is -0.387 e. The second-order valence-electron chi connectivity index (χ2n) is 2.46. The van der Waals surface area contributed by atoms with Crippen LogP contribution in [0.3, 0.4) is 0 Å². The first kappa shape index (κ1) is 7.72. The highest BCUT2D eigenvalue weighted by Crippen LogP contribution is 2.12. The zero-order chi connectivity index (χ0) is 8.27. The largest absolute Gasteiger partial charge is 0.387 e. The van der Waals surface area contributed by atoms with E-state index in [1.165, 1.54) is 0 Å². The van der Waals surface area contributed by atoms with Crippen LogP contribution in [-0.2, 0) is 0 Å². The molecular formula is C8H11N3. The Bertz CT molecular complexity index is 243. The average molecular weight is 149 g/mol. The van der Waals surface area contributed by atoms with Gasteiger partial charge in [0.15, 0.2) is 0 Å². The van der Waals surface area contributed by atoms with Crippen molar-refractivity contribution in [1.29, 1.82) is 5.41 Å². The number of nitrogens with zero attached hydrogens (tertiary/aromatic N) is 1. The van der Waals surface area contributed by atoms with Crippen LogP contribution in [0.4, 0.5) is 0 Å². The molecule has 3 nitrogen and oxygen atoms in total. The van der Waals surface area contributed by atoms with E-state index in [0.717, 1.165) is 5.56 Å². The maximum absolute atomic E-state index is 7.20. The van der Waals surface area contributed by atoms with E-state index in [4.69, 9.17) is 11.1 Å². The predicted molar refractivity (Wildman–Crippen MR) is 44.6 cm³/mol. The SMILES string of the molecule is CC(C(=N)N)c1ccncc1. The Morgan fingerprint density at radius 1 is 1.55 bits per heavy atom. The maximum Gasteiger partial charge on any atom is 0.0979 e. The van der Waals surface area contributed by atoms with Gasteiger partial charge in [-0.1, -0.05) is 6.92 Å². The minimum absolute atomic E-state index is 0.00185. The van der Waals surface area contributed by atoms with Gasteiger partial charge < -0.3 is 5.73 Å². The molecule has 0 bridgehead atoms. The van der Waals surface area contributed by atoms with E-state index in [0.29, 0.717) is 0 Å². The Morgan fingerprint density at radius 2 is 2.09 bits per heavy atom. The maximum atomic E-state index is 7.20. The number of hydrogen-bond donors (Lipinski definition) is 2. The van der Waals surface area contributed by atoms with Gasteiger partial charge in [-0.15, -0.1) is 0 Å². The molecule has 0 aliphatic carbocycles. The number of aromatic nitrogens is 1. The summed E-state index contributed by atoms with van der Waals surface area (Å²) < 4.78 is 0. The van der Waals surface area contributed by atoms with Crippen molar-refractivity contribution in [2.24, 2.45) is 5.73 Å². The van der Waals surface area contributed by atoms with Crippen LogP contribution in [0, 0.1) is 5.41 Å². The van der Waals surface area contributed by atoms with Gasteiger partial charge in [-0.2, -0.15) is 0 Å². The van der Waals surface area contributed by atoms with Crippen LogP contribution in [-0.4, -0.2) is 10.8 Å². The standard InChI is InChI=1S/C8H11N3/c1-6(8(9)10)7-2-4-11-5-3-7/h2-6H,1H3,(H3,9,10). The molecule has 0 radical (unpaired) electrons. The van der Waals surface area contributed by atoms with E-state index in [1.54, 1.807) is 12.4 Å². The summed E-state index contributed by atoms with van der Waals surface area (Å²) in [5, 5.41) is 7.20. The lowest BCUT2D eigenvalue weighted by Gasteiger charge is -2.07. The van der Waals surface area contributed by atoms with Gasteiger partial charge in [-0.05, 0) is 17.7 Å². The van der Waals surface area contributed by atoms with Crippen LogP contribution >= 0.6 is 0 Å². The van der Waals surface area contributed by atoms with Crippen molar-refractivity contribution in [2.75, 3.05) is 0 Å². The van der Waals surface area contributed by atoms with E-state index < -0.39 is 0 Å². The Morgan fingerprint density at radius 3 is 2.55 bits per heavy atom. The lowest BCUT2D eigenvalue weighted by molar-refractivity contribution is 0.985. The Labute approximate surface area is 65.8 Å². The summed E-state index contributed by atoms with van der Waals surface area (Å²) in [7, 11) is 0. The molecule has 3 N–H and O–H groups in total. The van der Waals surface area contributed by atoms with Crippen molar-refractivity contribution in [3.05, 3.63) is 30.1 Å². The van der Waals surface area contributed by atoms with Gasteiger partial charge in [0.25, 0.3) is 0 Å². The molecule has 11 heavy (non-hydrogen) atoms. The van der Waals surface area contributed by atoms with Gasteiger partial charge in [-0.25, -0.2) is 0 Å². The molecule has 1 unspecified atom stereocenters. The van der Waals surface area contributed by atoms with E-state index in [-0.39, 0.29) is 11.8 Å². The lowest BCUT2D eigenvalue weighted by Crippen LogP contribution is -2.17. The fourth-order valence-electron chi connectivity index (χ4n) is 0.832. The molecule has 1 aromatic rings. The van der Waals surface area contributed by atoms with Gasteiger partial charge >= 0.3 is 0 Å². The highest BCUT2D eigenvalue weighted by molar-refractivity contribution is 5.83. The number of nitrogens with one attached hydrogen (secondary N) is 1. The molecule has 0 aromatic carbocycles. The number of hydrogen-bond acceptors (Lipinski definition) is 2. The second-order valence-corrected chi connectivity index (χ2v) is 2.46. The van der Waals surface area contributed by atoms with E-state index in [1.807, 2.05) is 19.1 Å². The highest BCUT2D eigenvalue weighted by Gasteiger charge is 2.06. The third kappa shape index (κ3) is 1.77. The van der Waals surface area contributed by atoms with Crippen molar-refractivity contribution in [2.45, 2.75) is 12.8 Å². The first-order valence-corrected chi connectivity index (χ1v) is 3.45. The number of amidine groups is 1. The Hall–Kier alpha value is -1.38. The average Bonchev–Trinajstić information content (AvgIpc) is 2.05. The fourth-order valence-corrected chi connectivity index (χ4v) is 0.832. The second kappa shape index (κ2) is 3.14. The summed E-state index contributed by atoms with van der Waals surface area (Å²) in [6.07, 6.45) is 3.41. The topological polar surface area (TPSA) is 62.8 Å². The molecule has 1 rings (SSSR count). The van der Waals surface area contributed by atoms with Gasteiger partial charge in [0.1, 0.15) is 0 Å². The summed E-state index contributed by atoms with van der Waals surface area (Å²) in [6, 6.07) is 3.73. The zero-order valence-electron chi connectivity index (χ0n) is 6.41. The van der Waals surface area contributed by atoms with Crippen LogP contribution in [0.25, 0.3) is 0 Å². The summed E-state index contributed by atoms with van der Waals surface area (Å²) >= 11 is 0. The molecule has 58 valence electrons. The quantitative estimate of drug-likeness (QED) is 0.489. The zero-order valence-corrected chi connectivity index (χ0v) is 6.41. The van der Waals surface area contributed by atoms with Crippen molar-refractivity contribution in [1.82, 2.24) is 4.98 Å². The van der Waals surface area contributed by atoms with E-state index >= 15 is 0 Å².